The molecule has 32 heavy (non-hydrogen) atoms. The molecule has 5 heteroatoms. The molecule has 4 saturated carbocycles. The molecule has 0 radical (unpaired) electrons. The van der Waals surface area contributed by atoms with Crippen LogP contribution in [0.2, 0.25) is 39.3 Å². The predicted molar refractivity (Wildman–Crippen MR) is 138 cm³/mol. The Kier molecular flexibility index (Phi) is 6.75. The fraction of sp³-hybridized carbons (Fsp3) is 0.963. The van der Waals surface area contributed by atoms with Crippen LogP contribution >= 0.6 is 0 Å². The van der Waals surface area contributed by atoms with Crippen molar-refractivity contribution in [2.45, 2.75) is 117 Å². The smallest absolute Gasteiger partial charge is 0.184 e. The molecule has 4 aliphatic carbocycles. The number of ketones is 1. The molecule has 0 amide bonds. The minimum atomic E-state index is -1.65. The molecule has 4 aliphatic rings. The number of hydrogen-bond donors (Lipinski definition) is 0. The molecule has 0 unspecified atom stereocenters. The Morgan fingerprint density at radius 3 is 2.12 bits per heavy atom. The summed E-state index contributed by atoms with van der Waals surface area (Å²) in [6.45, 7) is 19.1. The monoisotopic (exact) mass is 478 g/mol. The largest absolute Gasteiger partial charge is 0.415 e. The zero-order valence-corrected chi connectivity index (χ0v) is 24.3. The molecule has 184 valence electrons. The van der Waals surface area contributed by atoms with Crippen molar-refractivity contribution in [1.29, 1.82) is 0 Å². The lowest BCUT2D eigenvalue weighted by molar-refractivity contribution is -0.140. The van der Waals surface area contributed by atoms with Gasteiger partial charge in [0.25, 0.3) is 0 Å². The first-order valence-electron chi connectivity index (χ1n) is 13.6. The van der Waals surface area contributed by atoms with Crippen LogP contribution in [0.4, 0.5) is 0 Å². The van der Waals surface area contributed by atoms with Gasteiger partial charge in [0.05, 0.1) is 6.61 Å². The molecular formula is C27H50O3Si2. The molecule has 3 nitrogen and oxygen atoms in total. The molecule has 4 rings (SSSR count). The van der Waals surface area contributed by atoms with Gasteiger partial charge in [0.2, 0.25) is 0 Å². The van der Waals surface area contributed by atoms with E-state index in [1.54, 1.807) is 0 Å². The van der Waals surface area contributed by atoms with Crippen molar-refractivity contribution in [3.63, 3.8) is 0 Å². The summed E-state index contributed by atoms with van der Waals surface area (Å²) in [4.78, 5) is 13.2. The summed E-state index contributed by atoms with van der Waals surface area (Å²) in [5, 5.41) is 0. The molecule has 0 aliphatic heterocycles. The number of carbonyl (C=O) groups is 1. The maximum absolute atomic E-state index is 13.2. The third kappa shape index (κ3) is 4.74. The molecule has 0 saturated heterocycles. The van der Waals surface area contributed by atoms with E-state index in [9.17, 15) is 4.79 Å². The Hall–Kier alpha value is 0.0238. The quantitative estimate of drug-likeness (QED) is 0.376. The van der Waals surface area contributed by atoms with E-state index < -0.39 is 16.6 Å². The van der Waals surface area contributed by atoms with Crippen LogP contribution in [0, 0.1) is 40.4 Å². The normalized spacial score (nSPS) is 44.5. The Labute approximate surface area is 200 Å². The topological polar surface area (TPSA) is 35.5 Å². The van der Waals surface area contributed by atoms with Gasteiger partial charge in [-0.1, -0.05) is 13.8 Å². The second kappa shape index (κ2) is 8.60. The van der Waals surface area contributed by atoms with E-state index in [1.165, 1.54) is 51.4 Å². The highest BCUT2D eigenvalue weighted by atomic mass is 28.4. The summed E-state index contributed by atoms with van der Waals surface area (Å²) in [6.07, 6.45) is 12.1. The first-order valence-corrected chi connectivity index (χ1v) is 20.4. The first-order chi connectivity index (χ1) is 14.7. The highest BCUT2D eigenvalue weighted by molar-refractivity contribution is 6.70. The van der Waals surface area contributed by atoms with Crippen molar-refractivity contribution in [2.24, 2.45) is 40.4 Å². The Morgan fingerprint density at radius 2 is 1.47 bits per heavy atom. The first kappa shape index (κ1) is 25.1. The van der Waals surface area contributed by atoms with Crippen LogP contribution in [0.3, 0.4) is 0 Å². The lowest BCUT2D eigenvalue weighted by atomic mass is 9.44. The number of Topliss-reactive ketones (excluding diaryl/α,β-unsaturated/α-hetero) is 1. The van der Waals surface area contributed by atoms with Gasteiger partial charge in [-0.15, -0.1) is 0 Å². The maximum atomic E-state index is 13.2. The van der Waals surface area contributed by atoms with Crippen LogP contribution in [0.15, 0.2) is 0 Å². The molecule has 0 aromatic rings. The highest BCUT2D eigenvalue weighted by Crippen LogP contribution is 2.67. The second-order valence-corrected chi connectivity index (χ2v) is 23.3. The molecular weight excluding hydrogens is 428 g/mol. The Morgan fingerprint density at radius 1 is 0.812 bits per heavy atom. The highest BCUT2D eigenvalue weighted by Gasteiger charge is 2.61. The third-order valence-electron chi connectivity index (χ3n) is 10.2. The minimum Gasteiger partial charge on any atom is -0.415 e. The van der Waals surface area contributed by atoms with Crippen molar-refractivity contribution >= 4 is 22.4 Å². The number of rotatable bonds is 6. The maximum Gasteiger partial charge on any atom is 0.184 e. The molecule has 0 aromatic heterocycles. The Balaban J connectivity index is 1.45. The van der Waals surface area contributed by atoms with Crippen LogP contribution in [0.25, 0.3) is 0 Å². The summed E-state index contributed by atoms with van der Waals surface area (Å²) in [7, 11) is -3.11. The summed E-state index contributed by atoms with van der Waals surface area (Å²) in [5.41, 5.74) is 0.703. The van der Waals surface area contributed by atoms with Crippen LogP contribution in [-0.4, -0.2) is 35.1 Å². The van der Waals surface area contributed by atoms with Gasteiger partial charge in [-0.25, -0.2) is 0 Å². The third-order valence-corrected chi connectivity index (χ3v) is 12.2. The van der Waals surface area contributed by atoms with E-state index in [4.69, 9.17) is 8.85 Å². The number of hydrogen-bond acceptors (Lipinski definition) is 3. The fourth-order valence-electron chi connectivity index (χ4n) is 8.74. The number of carbonyl (C=O) groups excluding carboxylic acids is 1. The van der Waals surface area contributed by atoms with Crippen LogP contribution in [0.1, 0.15) is 71.6 Å². The van der Waals surface area contributed by atoms with Gasteiger partial charge in [0.15, 0.2) is 22.4 Å². The van der Waals surface area contributed by atoms with Crippen molar-refractivity contribution in [3.8, 4) is 0 Å². The van der Waals surface area contributed by atoms with E-state index in [1.807, 2.05) is 0 Å². The summed E-state index contributed by atoms with van der Waals surface area (Å²) >= 11 is 0. The fourth-order valence-corrected chi connectivity index (χ4v) is 10.5. The molecule has 0 heterocycles. The van der Waals surface area contributed by atoms with Gasteiger partial charge < -0.3 is 8.85 Å². The lowest BCUT2D eigenvalue weighted by Gasteiger charge is -2.61. The molecule has 0 aromatic carbocycles. The van der Waals surface area contributed by atoms with Crippen molar-refractivity contribution < 1.29 is 13.6 Å². The SMILES string of the molecule is C[C@]12CC[C@@H](O[Si](C)(C)C)C[C@H]1CC[C@@H]1[C@@H]2CC[C@]2(C)[C@@H](C(=O)CO[Si](C)(C)C)CC[C@@H]12. The van der Waals surface area contributed by atoms with Crippen LogP contribution < -0.4 is 0 Å². The average Bonchev–Trinajstić information content (AvgIpc) is 3.02. The van der Waals surface area contributed by atoms with Gasteiger partial charge >= 0.3 is 0 Å². The van der Waals surface area contributed by atoms with Crippen LogP contribution in [0.5, 0.6) is 0 Å². The van der Waals surface area contributed by atoms with Crippen molar-refractivity contribution in [2.75, 3.05) is 6.61 Å². The predicted octanol–water partition coefficient (Wildman–Crippen LogP) is 7.29. The van der Waals surface area contributed by atoms with Crippen molar-refractivity contribution in [1.82, 2.24) is 0 Å². The van der Waals surface area contributed by atoms with E-state index in [0.717, 1.165) is 30.1 Å². The average molecular weight is 479 g/mol. The zero-order chi connectivity index (χ0) is 23.5. The summed E-state index contributed by atoms with van der Waals surface area (Å²) in [5.74, 6) is 3.92. The van der Waals surface area contributed by atoms with Gasteiger partial charge in [0.1, 0.15) is 0 Å². The van der Waals surface area contributed by atoms with Gasteiger partial charge in [-0.2, -0.15) is 0 Å². The zero-order valence-electron chi connectivity index (χ0n) is 22.3. The lowest BCUT2D eigenvalue weighted by Crippen LogP contribution is -2.55. The molecule has 0 spiro atoms. The standard InChI is InChI=1S/C27H50O3Si2/c1-26-15-13-20(30-32(6,7)8)17-19(26)9-10-21-22-11-12-24(25(28)18-29-31(3,4)5)27(22,2)16-14-23(21)26/h19-24H,9-18H2,1-8H3/t19-,20-,21+,22+,23+,24-,26+,27+/m1/s1. The van der Waals surface area contributed by atoms with Gasteiger partial charge in [-0.3, -0.25) is 4.79 Å². The van der Waals surface area contributed by atoms with E-state index in [2.05, 4.69) is 53.1 Å². The molecule has 4 fully saturated rings. The summed E-state index contributed by atoms with van der Waals surface area (Å²) < 4.78 is 12.6. The second-order valence-electron chi connectivity index (χ2n) is 14.3. The molecule has 0 N–H and O–H groups in total. The van der Waals surface area contributed by atoms with Crippen LogP contribution in [-0.2, 0) is 13.6 Å². The molecule has 8 atom stereocenters. The Bertz CT molecular complexity index is 711. The van der Waals surface area contributed by atoms with Gasteiger partial charge in [0, 0.05) is 12.0 Å². The van der Waals surface area contributed by atoms with Gasteiger partial charge in [-0.05, 0) is 132 Å². The van der Waals surface area contributed by atoms with E-state index in [-0.39, 0.29) is 11.3 Å². The number of fused-ring (bicyclic) bond motifs is 5. The van der Waals surface area contributed by atoms with Crippen molar-refractivity contribution in [3.05, 3.63) is 0 Å². The molecule has 0 bridgehead atoms. The minimum absolute atomic E-state index is 0.211. The summed E-state index contributed by atoms with van der Waals surface area (Å²) in [6, 6.07) is 0. The van der Waals surface area contributed by atoms with E-state index in [0.29, 0.717) is 23.9 Å². The van der Waals surface area contributed by atoms with E-state index >= 15 is 0 Å².